The molecule has 0 N–H and O–H groups in total. The highest BCUT2D eigenvalue weighted by molar-refractivity contribution is 5.72. The van der Waals surface area contributed by atoms with Crippen LogP contribution in [0.15, 0.2) is 0 Å². The van der Waals surface area contributed by atoms with Gasteiger partial charge >= 0.3 is 41.8 Å². The number of carbonyl (C=O) groups is 1. The zero-order valence-electron chi connectivity index (χ0n) is 13.4. The molecule has 0 aromatic heterocycles. The van der Waals surface area contributed by atoms with Crippen molar-refractivity contribution in [3.05, 3.63) is 0 Å². The van der Waals surface area contributed by atoms with Crippen molar-refractivity contribution >= 4 is 5.97 Å². The van der Waals surface area contributed by atoms with E-state index in [1.165, 1.54) is 0 Å². The number of ether oxygens (including phenoxy) is 1. The summed E-state index contributed by atoms with van der Waals surface area (Å²) in [7, 11) is 0.564. The minimum Gasteiger partial charge on any atom is -0.469 e. The van der Waals surface area contributed by atoms with Crippen molar-refractivity contribution in [2.45, 2.75) is 49.6 Å². The van der Waals surface area contributed by atoms with Gasteiger partial charge in [-0.2, -0.15) is 57.1 Å². The molecule has 15 heteroatoms. The fourth-order valence-electron chi connectivity index (χ4n) is 1.77. The van der Waals surface area contributed by atoms with Crippen LogP contribution < -0.4 is 0 Å². The zero-order chi connectivity index (χ0) is 22.4. The third kappa shape index (κ3) is 3.52. The van der Waals surface area contributed by atoms with Gasteiger partial charge in [-0.3, -0.25) is 4.79 Å². The second-order valence-corrected chi connectivity index (χ2v) is 5.52. The molecule has 0 aliphatic carbocycles. The van der Waals surface area contributed by atoms with Crippen LogP contribution >= 0.6 is 0 Å². The lowest BCUT2D eigenvalue weighted by atomic mass is 9.82. The van der Waals surface area contributed by atoms with E-state index in [1.807, 2.05) is 0 Å². The summed E-state index contributed by atoms with van der Waals surface area (Å²) < 4.78 is 172. The molecule has 0 aliphatic rings. The molecule has 0 fully saturated rings. The topological polar surface area (TPSA) is 26.3 Å². The summed E-state index contributed by atoms with van der Waals surface area (Å²) in [6.07, 6.45) is -7.46. The Bertz CT molecular complexity index is 552. The lowest BCUT2D eigenvalue weighted by Crippen LogP contribution is -2.71. The predicted molar refractivity (Wildman–Crippen MR) is 61.1 cm³/mol. The van der Waals surface area contributed by atoms with Gasteiger partial charge in [-0.05, 0) is 0 Å². The third-order valence-electron chi connectivity index (χ3n) is 3.85. The van der Waals surface area contributed by atoms with Gasteiger partial charge in [0.05, 0.1) is 13.0 Å². The summed E-state index contributed by atoms with van der Waals surface area (Å²) in [4.78, 5) is 11.1. The van der Waals surface area contributed by atoms with Gasteiger partial charge in [-0.15, -0.1) is 0 Å². The quantitative estimate of drug-likeness (QED) is 0.408. The van der Waals surface area contributed by atoms with Crippen LogP contribution in [-0.4, -0.2) is 48.9 Å². The van der Waals surface area contributed by atoms with Gasteiger partial charge in [0.2, 0.25) is 0 Å². The molecule has 27 heavy (non-hydrogen) atoms. The van der Waals surface area contributed by atoms with Gasteiger partial charge in [0.1, 0.15) is 0 Å². The molecule has 0 radical (unpaired) electrons. The molecule has 2 unspecified atom stereocenters. The van der Waals surface area contributed by atoms with Gasteiger partial charge in [-0.1, -0.05) is 13.8 Å². The Morgan fingerprint density at radius 3 is 1.30 bits per heavy atom. The largest absolute Gasteiger partial charge is 0.469 e. The molecule has 0 rings (SSSR count). The fourth-order valence-corrected chi connectivity index (χ4v) is 1.77. The Kier molecular flexibility index (Phi) is 6.50. The third-order valence-corrected chi connectivity index (χ3v) is 3.85. The molecule has 0 spiro atoms. The maximum absolute atomic E-state index is 13.8. The summed E-state index contributed by atoms with van der Waals surface area (Å²) in [5.74, 6) is -44.6. The molecule has 0 aliphatic heterocycles. The van der Waals surface area contributed by atoms with Crippen LogP contribution in [0.1, 0.15) is 13.8 Å². The number of halogens is 13. The van der Waals surface area contributed by atoms with Crippen molar-refractivity contribution in [3.63, 3.8) is 0 Å². The van der Waals surface area contributed by atoms with Crippen molar-refractivity contribution in [3.8, 4) is 0 Å². The first kappa shape index (κ1) is 25.6. The number of hydrogen-bond acceptors (Lipinski definition) is 2. The first-order chi connectivity index (χ1) is 11.6. The molecule has 2 nitrogen and oxygen atoms in total. The molecule has 0 aromatic carbocycles. The van der Waals surface area contributed by atoms with Gasteiger partial charge < -0.3 is 4.74 Å². The van der Waals surface area contributed by atoms with E-state index in [2.05, 4.69) is 4.74 Å². The van der Waals surface area contributed by atoms with E-state index in [1.54, 1.807) is 0 Å². The second-order valence-electron chi connectivity index (χ2n) is 5.52. The number of hydrogen-bond donors (Lipinski definition) is 0. The number of methoxy groups -OCH3 is 1. The minimum atomic E-state index is -7.96. The van der Waals surface area contributed by atoms with Crippen LogP contribution in [0.2, 0.25) is 0 Å². The molecule has 0 bridgehead atoms. The SMILES string of the molecule is COC(=O)C(C)C(C)C(F)(F)C(F)(F)C(F)(F)C(F)(F)C(F)(F)C(F)(F)F. The first-order valence-electron chi connectivity index (χ1n) is 6.59. The van der Waals surface area contributed by atoms with E-state index >= 15 is 0 Å². The van der Waals surface area contributed by atoms with Gasteiger partial charge in [0.25, 0.3) is 0 Å². The molecule has 0 saturated carbocycles. The summed E-state index contributed by atoms with van der Waals surface area (Å²) >= 11 is 0. The van der Waals surface area contributed by atoms with Crippen LogP contribution in [-0.2, 0) is 9.53 Å². The highest BCUT2D eigenvalue weighted by Crippen LogP contribution is 2.61. The normalized spacial score (nSPS) is 17.5. The van der Waals surface area contributed by atoms with Crippen molar-refractivity contribution in [2.24, 2.45) is 11.8 Å². The standard InChI is InChI=1S/C12H11F13O2/c1-4(6(26)27-3)5(2)7(13,14)8(15,16)9(17,18)10(19,20)11(21,22)12(23,24)25/h4-5H,1-3H3. The first-order valence-corrected chi connectivity index (χ1v) is 6.59. The number of alkyl halides is 13. The van der Waals surface area contributed by atoms with Crippen molar-refractivity contribution in [1.82, 2.24) is 0 Å². The Morgan fingerprint density at radius 1 is 0.667 bits per heavy atom. The maximum Gasteiger partial charge on any atom is 0.460 e. The Morgan fingerprint density at radius 2 is 1.00 bits per heavy atom. The highest BCUT2D eigenvalue weighted by Gasteiger charge is 2.91. The summed E-state index contributed by atoms with van der Waals surface area (Å²) in [6, 6.07) is 0. The van der Waals surface area contributed by atoms with Crippen LogP contribution in [0.4, 0.5) is 57.1 Å². The second kappa shape index (κ2) is 6.87. The average molecular weight is 434 g/mol. The summed E-state index contributed by atoms with van der Waals surface area (Å²) in [5.41, 5.74) is 0. The fraction of sp³-hybridized carbons (Fsp3) is 0.917. The molecule has 0 amide bonds. The lowest BCUT2D eigenvalue weighted by Gasteiger charge is -2.41. The predicted octanol–water partition coefficient (Wildman–Crippen LogP) is 5.17. The molecule has 162 valence electrons. The Labute approximate surface area is 142 Å². The van der Waals surface area contributed by atoms with Crippen molar-refractivity contribution < 1.29 is 66.6 Å². The zero-order valence-corrected chi connectivity index (χ0v) is 13.4. The summed E-state index contributed by atoms with van der Waals surface area (Å²) in [5, 5.41) is 0. The van der Waals surface area contributed by atoms with E-state index in [0.29, 0.717) is 14.0 Å². The number of esters is 1. The van der Waals surface area contributed by atoms with Gasteiger partial charge in [-0.25, -0.2) is 0 Å². The number of carbonyl (C=O) groups excluding carboxylic acids is 1. The van der Waals surface area contributed by atoms with E-state index in [9.17, 15) is 61.9 Å². The monoisotopic (exact) mass is 434 g/mol. The van der Waals surface area contributed by atoms with Gasteiger partial charge in [0.15, 0.2) is 0 Å². The van der Waals surface area contributed by atoms with E-state index < -0.39 is 53.6 Å². The Hall–Kier alpha value is -1.44. The van der Waals surface area contributed by atoms with Crippen LogP contribution in [0, 0.1) is 11.8 Å². The molecule has 0 aromatic rings. The maximum atomic E-state index is 13.8. The van der Waals surface area contributed by atoms with E-state index in [4.69, 9.17) is 0 Å². The van der Waals surface area contributed by atoms with Crippen LogP contribution in [0.3, 0.4) is 0 Å². The Balaban J connectivity index is 6.35. The average Bonchev–Trinajstić information content (AvgIpc) is 2.50. The van der Waals surface area contributed by atoms with Crippen LogP contribution in [0.5, 0.6) is 0 Å². The smallest absolute Gasteiger partial charge is 0.460 e. The molecule has 2 atom stereocenters. The molecule has 0 saturated heterocycles. The van der Waals surface area contributed by atoms with Crippen molar-refractivity contribution in [2.75, 3.05) is 7.11 Å². The van der Waals surface area contributed by atoms with Crippen LogP contribution in [0.25, 0.3) is 0 Å². The van der Waals surface area contributed by atoms with E-state index in [0.717, 1.165) is 0 Å². The molecule has 0 heterocycles. The summed E-state index contributed by atoms with van der Waals surface area (Å²) in [6.45, 7) is 0.423. The number of rotatable bonds is 7. The van der Waals surface area contributed by atoms with Gasteiger partial charge in [0, 0.05) is 5.92 Å². The molecular formula is C12H11F13O2. The lowest BCUT2D eigenvalue weighted by molar-refractivity contribution is -0.443. The molecular weight excluding hydrogens is 423 g/mol. The van der Waals surface area contributed by atoms with Crippen molar-refractivity contribution in [1.29, 1.82) is 0 Å². The van der Waals surface area contributed by atoms with E-state index in [-0.39, 0.29) is 6.92 Å². The highest BCUT2D eigenvalue weighted by atomic mass is 19.4. The minimum absolute atomic E-state index is 0.00831.